The van der Waals surface area contributed by atoms with Gasteiger partial charge in [0.2, 0.25) is 0 Å². The van der Waals surface area contributed by atoms with Gasteiger partial charge in [-0.1, -0.05) is 0 Å². The Morgan fingerprint density at radius 1 is 1.14 bits per heavy atom. The van der Waals surface area contributed by atoms with E-state index in [4.69, 9.17) is 9.47 Å². The molecule has 0 N–H and O–H groups in total. The molecule has 6 nitrogen and oxygen atoms in total. The highest BCUT2D eigenvalue weighted by atomic mass is 16.6. The van der Waals surface area contributed by atoms with Gasteiger partial charge in [0.05, 0.1) is 13.0 Å². The summed E-state index contributed by atoms with van der Waals surface area (Å²) in [6.45, 7) is 8.70. The van der Waals surface area contributed by atoms with Gasteiger partial charge in [0.15, 0.2) is 0 Å². The molecule has 0 aromatic heterocycles. The number of esters is 1. The second kappa shape index (κ2) is 6.22. The van der Waals surface area contributed by atoms with Crippen molar-refractivity contribution in [2.75, 3.05) is 33.3 Å². The molecule has 2 fully saturated rings. The maximum atomic E-state index is 11.9. The van der Waals surface area contributed by atoms with Crippen molar-refractivity contribution in [2.24, 2.45) is 5.92 Å². The van der Waals surface area contributed by atoms with Crippen LogP contribution in [0.1, 0.15) is 33.6 Å². The average molecular weight is 298 g/mol. The second-order valence-corrected chi connectivity index (χ2v) is 6.90. The van der Waals surface area contributed by atoms with Crippen LogP contribution in [0.15, 0.2) is 0 Å². The lowest BCUT2D eigenvalue weighted by Crippen LogP contribution is -2.63. The summed E-state index contributed by atoms with van der Waals surface area (Å²) in [7, 11) is 1.44. The molecule has 0 aliphatic carbocycles. The summed E-state index contributed by atoms with van der Waals surface area (Å²) in [6.07, 6.45) is 1.65. The van der Waals surface area contributed by atoms with E-state index in [-0.39, 0.29) is 18.0 Å². The molecule has 0 unspecified atom stereocenters. The summed E-state index contributed by atoms with van der Waals surface area (Å²) in [5.74, 6) is -0.151. The lowest BCUT2D eigenvalue weighted by atomic mass is 9.95. The van der Waals surface area contributed by atoms with Crippen LogP contribution in [0.2, 0.25) is 0 Å². The number of hydrogen-bond acceptors (Lipinski definition) is 5. The fourth-order valence-electron chi connectivity index (χ4n) is 2.86. The fraction of sp³-hybridized carbons (Fsp3) is 0.867. The Hall–Kier alpha value is -1.30. The molecule has 21 heavy (non-hydrogen) atoms. The third kappa shape index (κ3) is 4.09. The normalized spacial score (nSPS) is 24.4. The van der Waals surface area contributed by atoms with E-state index >= 15 is 0 Å². The molecule has 2 aliphatic heterocycles. The van der Waals surface area contributed by atoms with Crippen LogP contribution < -0.4 is 0 Å². The summed E-state index contributed by atoms with van der Waals surface area (Å²) in [4.78, 5) is 27.6. The third-order valence-electron chi connectivity index (χ3n) is 4.02. The van der Waals surface area contributed by atoms with Gasteiger partial charge < -0.3 is 14.4 Å². The first kappa shape index (κ1) is 16.1. The van der Waals surface area contributed by atoms with E-state index in [9.17, 15) is 9.59 Å². The molecule has 0 spiro atoms. The molecule has 6 heteroatoms. The van der Waals surface area contributed by atoms with E-state index in [0.717, 1.165) is 25.9 Å². The Balaban J connectivity index is 1.79. The Kier molecular flexibility index (Phi) is 4.76. The fourth-order valence-corrected chi connectivity index (χ4v) is 2.86. The van der Waals surface area contributed by atoms with Crippen LogP contribution in [-0.2, 0) is 14.3 Å². The zero-order valence-electron chi connectivity index (χ0n) is 13.4. The van der Waals surface area contributed by atoms with Gasteiger partial charge >= 0.3 is 12.1 Å². The summed E-state index contributed by atoms with van der Waals surface area (Å²) < 4.78 is 10.2. The molecule has 1 atom stereocenters. The number of nitrogens with zero attached hydrogens (tertiary/aromatic N) is 2. The molecule has 2 aliphatic rings. The average Bonchev–Trinajstić information content (AvgIpc) is 2.34. The molecule has 0 aromatic rings. The number of carbonyl (C=O) groups excluding carboxylic acids is 2. The third-order valence-corrected chi connectivity index (χ3v) is 4.02. The van der Waals surface area contributed by atoms with E-state index in [1.165, 1.54) is 7.11 Å². The van der Waals surface area contributed by atoms with Gasteiger partial charge in [0, 0.05) is 25.7 Å². The molecule has 0 radical (unpaired) electrons. The summed E-state index contributed by atoms with van der Waals surface area (Å²) in [5.41, 5.74) is -0.455. The van der Waals surface area contributed by atoms with Crippen LogP contribution in [0.5, 0.6) is 0 Å². The highest BCUT2D eigenvalue weighted by molar-refractivity contribution is 5.72. The molecule has 0 saturated carbocycles. The molecule has 2 saturated heterocycles. The molecule has 0 bridgehead atoms. The zero-order valence-corrected chi connectivity index (χ0v) is 13.4. The smallest absolute Gasteiger partial charge is 0.410 e. The lowest BCUT2D eigenvalue weighted by molar-refractivity contribution is -0.148. The molecular formula is C15H26N2O4. The van der Waals surface area contributed by atoms with Gasteiger partial charge in [-0.2, -0.15) is 0 Å². The minimum absolute atomic E-state index is 0.0284. The minimum atomic E-state index is -0.455. The molecule has 1 amide bonds. The highest BCUT2D eigenvalue weighted by Gasteiger charge is 2.39. The van der Waals surface area contributed by atoms with E-state index < -0.39 is 5.60 Å². The van der Waals surface area contributed by atoms with Crippen molar-refractivity contribution >= 4 is 12.1 Å². The first-order valence-corrected chi connectivity index (χ1v) is 7.60. The van der Waals surface area contributed by atoms with Crippen molar-refractivity contribution in [3.8, 4) is 0 Å². The van der Waals surface area contributed by atoms with Gasteiger partial charge in [-0.15, -0.1) is 0 Å². The predicted molar refractivity (Wildman–Crippen MR) is 77.9 cm³/mol. The topological polar surface area (TPSA) is 59.1 Å². The van der Waals surface area contributed by atoms with Gasteiger partial charge in [0.25, 0.3) is 0 Å². The lowest BCUT2D eigenvalue weighted by Gasteiger charge is -2.47. The standard InChI is InChI=1S/C15H26N2O4/c1-15(2,3)21-14(19)17-9-12(10-17)16-7-5-6-11(8-16)13(18)20-4/h11-12H,5-10H2,1-4H3/t11-/m1/s1. The maximum absolute atomic E-state index is 11.9. The molecule has 0 aromatic carbocycles. The van der Waals surface area contributed by atoms with Gasteiger partial charge in [-0.25, -0.2) is 4.79 Å². The van der Waals surface area contributed by atoms with Crippen LogP contribution in [0.4, 0.5) is 4.79 Å². The van der Waals surface area contributed by atoms with Crippen molar-refractivity contribution in [2.45, 2.75) is 45.3 Å². The second-order valence-electron chi connectivity index (χ2n) is 6.90. The summed E-state index contributed by atoms with van der Waals surface area (Å²) >= 11 is 0. The first-order chi connectivity index (χ1) is 9.80. The Labute approximate surface area is 126 Å². The number of carbonyl (C=O) groups is 2. The van der Waals surface area contributed by atoms with Crippen molar-refractivity contribution in [1.82, 2.24) is 9.80 Å². The van der Waals surface area contributed by atoms with Crippen molar-refractivity contribution < 1.29 is 19.1 Å². The van der Waals surface area contributed by atoms with E-state index in [0.29, 0.717) is 19.1 Å². The molecular weight excluding hydrogens is 272 g/mol. The number of hydrogen-bond donors (Lipinski definition) is 0. The van der Waals surface area contributed by atoms with Gasteiger partial charge in [-0.05, 0) is 40.2 Å². The quantitative estimate of drug-likeness (QED) is 0.723. The number of methoxy groups -OCH3 is 1. The van der Waals surface area contributed by atoms with E-state index in [1.54, 1.807) is 4.90 Å². The maximum Gasteiger partial charge on any atom is 0.410 e. The minimum Gasteiger partial charge on any atom is -0.469 e. The molecule has 120 valence electrons. The predicted octanol–water partition coefficient (Wildman–Crippen LogP) is 1.49. The van der Waals surface area contributed by atoms with E-state index in [1.807, 2.05) is 20.8 Å². The number of ether oxygens (including phenoxy) is 2. The summed E-state index contributed by atoms with van der Waals surface area (Å²) in [5, 5.41) is 0. The number of piperidine rings is 1. The monoisotopic (exact) mass is 298 g/mol. The van der Waals surface area contributed by atoms with Crippen LogP contribution in [0, 0.1) is 5.92 Å². The van der Waals surface area contributed by atoms with Crippen LogP contribution in [-0.4, -0.2) is 66.8 Å². The van der Waals surface area contributed by atoms with Gasteiger partial charge in [-0.3, -0.25) is 9.69 Å². The first-order valence-electron chi connectivity index (χ1n) is 7.60. The van der Waals surface area contributed by atoms with Gasteiger partial charge in [0.1, 0.15) is 5.60 Å². The number of likely N-dealkylation sites (tertiary alicyclic amines) is 2. The van der Waals surface area contributed by atoms with E-state index in [2.05, 4.69) is 4.90 Å². The SMILES string of the molecule is COC(=O)[C@@H]1CCCN(C2CN(C(=O)OC(C)(C)C)C2)C1. The number of amides is 1. The zero-order chi connectivity index (χ0) is 15.6. The Bertz CT molecular complexity index is 399. The summed E-state index contributed by atoms with van der Waals surface area (Å²) in [6, 6.07) is 0.338. The highest BCUT2D eigenvalue weighted by Crippen LogP contribution is 2.25. The molecule has 2 rings (SSSR count). The molecule has 2 heterocycles. The van der Waals surface area contributed by atoms with Crippen LogP contribution in [0.3, 0.4) is 0 Å². The van der Waals surface area contributed by atoms with Crippen LogP contribution in [0.25, 0.3) is 0 Å². The Morgan fingerprint density at radius 3 is 2.38 bits per heavy atom. The van der Waals surface area contributed by atoms with Crippen LogP contribution >= 0.6 is 0 Å². The number of rotatable bonds is 2. The Morgan fingerprint density at radius 2 is 1.81 bits per heavy atom. The van der Waals surface area contributed by atoms with Crippen molar-refractivity contribution in [3.05, 3.63) is 0 Å². The van der Waals surface area contributed by atoms with Crippen molar-refractivity contribution in [1.29, 1.82) is 0 Å². The van der Waals surface area contributed by atoms with Crippen molar-refractivity contribution in [3.63, 3.8) is 0 Å². The largest absolute Gasteiger partial charge is 0.469 e.